The zero-order chi connectivity index (χ0) is 34.4. The summed E-state index contributed by atoms with van der Waals surface area (Å²) in [6.07, 6.45) is 1.00. The molecule has 0 fully saturated rings. The number of nitrogens with zero attached hydrogens (tertiary/aromatic N) is 5. The van der Waals surface area contributed by atoms with Gasteiger partial charge in [-0.2, -0.15) is 5.10 Å². The van der Waals surface area contributed by atoms with Crippen LogP contribution < -0.4 is 19.3 Å². The van der Waals surface area contributed by atoms with E-state index in [0.717, 1.165) is 10.4 Å². The van der Waals surface area contributed by atoms with Crippen LogP contribution in [0.15, 0.2) is 66.7 Å². The van der Waals surface area contributed by atoms with Crippen molar-refractivity contribution in [3.63, 3.8) is 0 Å². The van der Waals surface area contributed by atoms with E-state index in [-0.39, 0.29) is 29.1 Å². The molecular weight excluding hydrogens is 686 g/mol. The van der Waals surface area contributed by atoms with Gasteiger partial charge < -0.3 is 24.2 Å². The number of hydrogen-bond donors (Lipinski definition) is 0. The van der Waals surface area contributed by atoms with Crippen LogP contribution in [0.5, 0.6) is 10.8 Å². The predicted octanol–water partition coefficient (Wildman–Crippen LogP) is 6.26. The second-order valence-corrected chi connectivity index (χ2v) is 14.4. The number of rotatable bonds is 7. The van der Waals surface area contributed by atoms with E-state index >= 15 is 0 Å². The van der Waals surface area contributed by atoms with E-state index in [2.05, 4.69) is 5.10 Å². The number of hydrogen-bond acceptors (Lipinski definition) is 9. The molecule has 0 bridgehead atoms. The van der Waals surface area contributed by atoms with Crippen molar-refractivity contribution in [3.05, 3.63) is 103 Å². The number of halogens is 1. The summed E-state index contributed by atoms with van der Waals surface area (Å²) in [5.41, 5.74) is 3.69. The summed E-state index contributed by atoms with van der Waals surface area (Å²) in [7, 11) is 3.26. The molecule has 3 aromatic heterocycles. The van der Waals surface area contributed by atoms with Crippen LogP contribution in [0.2, 0.25) is 4.34 Å². The number of thiophene rings is 2. The first kappa shape index (κ1) is 32.6. The normalized spacial score (nSPS) is 13.9. The number of amides is 3. The highest BCUT2D eigenvalue weighted by atomic mass is 35.5. The fourth-order valence-corrected chi connectivity index (χ4v) is 7.99. The maximum absolute atomic E-state index is 14.2. The van der Waals surface area contributed by atoms with Crippen LogP contribution >= 0.6 is 34.3 Å². The average Bonchev–Trinajstić information content (AvgIpc) is 3.84. The van der Waals surface area contributed by atoms with Gasteiger partial charge in [0.1, 0.15) is 11.4 Å². The fourth-order valence-electron chi connectivity index (χ4n) is 5.97. The van der Waals surface area contributed by atoms with Crippen LogP contribution in [0.3, 0.4) is 0 Å². The van der Waals surface area contributed by atoms with E-state index in [9.17, 15) is 19.2 Å². The van der Waals surface area contributed by atoms with Crippen molar-refractivity contribution in [3.8, 4) is 16.5 Å². The Kier molecular flexibility index (Phi) is 8.73. The fraction of sp³-hybridized carbons (Fsp3) is 0.229. The van der Waals surface area contributed by atoms with Gasteiger partial charge in [-0.15, -0.1) is 22.7 Å². The third kappa shape index (κ3) is 6.20. The summed E-state index contributed by atoms with van der Waals surface area (Å²) in [6.45, 7) is 2.74. The number of benzene rings is 2. The third-order valence-electron chi connectivity index (χ3n) is 8.66. The summed E-state index contributed by atoms with van der Waals surface area (Å²) in [5.74, 6) is -0.537. The molecule has 0 N–H and O–H groups in total. The van der Waals surface area contributed by atoms with Crippen LogP contribution in [-0.4, -0.2) is 65.6 Å². The molecule has 2 aromatic carbocycles. The Hall–Kier alpha value is -4.98. The minimum Gasteiger partial charge on any atom is -0.497 e. The third-order valence-corrected chi connectivity index (χ3v) is 11.0. The summed E-state index contributed by atoms with van der Waals surface area (Å²) >= 11 is 8.66. The summed E-state index contributed by atoms with van der Waals surface area (Å²) < 4.78 is 13.3. The molecule has 2 aliphatic rings. The lowest BCUT2D eigenvalue weighted by Gasteiger charge is -2.28. The molecule has 3 amide bonds. The predicted molar refractivity (Wildman–Crippen MR) is 188 cm³/mol. The van der Waals surface area contributed by atoms with Crippen molar-refractivity contribution in [1.29, 1.82) is 0 Å². The van der Waals surface area contributed by atoms with Gasteiger partial charge in [-0.05, 0) is 85.1 Å². The largest absolute Gasteiger partial charge is 0.497 e. The molecule has 0 radical (unpaired) electrons. The van der Waals surface area contributed by atoms with Gasteiger partial charge in [-0.1, -0.05) is 11.6 Å². The Balaban J connectivity index is 1.17. The molecule has 0 spiro atoms. The number of ether oxygens (including phenoxy) is 2. The minimum absolute atomic E-state index is 0.0648. The highest BCUT2D eigenvalue weighted by Gasteiger charge is 2.36. The molecule has 2 aliphatic heterocycles. The Labute approximate surface area is 294 Å². The van der Waals surface area contributed by atoms with Gasteiger partial charge >= 0.3 is 5.97 Å². The highest BCUT2D eigenvalue weighted by molar-refractivity contribution is 7.18. The lowest BCUT2D eigenvalue weighted by atomic mass is 10.0. The molecule has 0 saturated heterocycles. The monoisotopic (exact) mass is 715 g/mol. The van der Waals surface area contributed by atoms with Crippen molar-refractivity contribution in [1.82, 2.24) is 14.7 Å². The lowest BCUT2D eigenvalue weighted by molar-refractivity contribution is -0.116. The molecule has 0 atom stereocenters. The Morgan fingerprint density at radius 3 is 2.35 bits per heavy atom. The van der Waals surface area contributed by atoms with Crippen LogP contribution in [0.25, 0.3) is 5.69 Å². The first-order valence-corrected chi connectivity index (χ1v) is 17.4. The smallest absolute Gasteiger partial charge is 0.365 e. The van der Waals surface area contributed by atoms with Crippen LogP contribution in [-0.2, 0) is 24.2 Å². The quantitative estimate of drug-likeness (QED) is 0.183. The minimum atomic E-state index is -0.666. The number of esters is 1. The van der Waals surface area contributed by atoms with E-state index in [1.165, 1.54) is 39.2 Å². The molecule has 5 heterocycles. The molecule has 0 saturated carbocycles. The lowest BCUT2D eigenvalue weighted by Crippen LogP contribution is -2.39. The van der Waals surface area contributed by atoms with E-state index in [4.69, 9.17) is 21.1 Å². The second-order valence-electron chi connectivity index (χ2n) is 11.6. The van der Waals surface area contributed by atoms with Crippen LogP contribution in [0, 0.1) is 0 Å². The molecular formula is C35H30ClN5O6S2. The van der Waals surface area contributed by atoms with Crippen LogP contribution in [0.1, 0.15) is 53.6 Å². The van der Waals surface area contributed by atoms with Crippen molar-refractivity contribution < 1.29 is 28.7 Å². The average molecular weight is 716 g/mol. The first-order valence-electron chi connectivity index (χ1n) is 15.4. The van der Waals surface area contributed by atoms with Crippen molar-refractivity contribution in [2.45, 2.75) is 26.3 Å². The summed E-state index contributed by atoms with van der Waals surface area (Å²) in [6, 6.07) is 19.5. The zero-order valence-corrected chi connectivity index (χ0v) is 29.2. The van der Waals surface area contributed by atoms with E-state index < -0.39 is 5.97 Å². The van der Waals surface area contributed by atoms with Crippen LogP contribution in [0.4, 0.5) is 11.4 Å². The topological polar surface area (TPSA) is 114 Å². The Morgan fingerprint density at radius 1 is 0.939 bits per heavy atom. The maximum atomic E-state index is 14.2. The van der Waals surface area contributed by atoms with Crippen molar-refractivity contribution >= 4 is 69.3 Å². The van der Waals surface area contributed by atoms with Gasteiger partial charge in [0.05, 0.1) is 22.0 Å². The second kappa shape index (κ2) is 13.1. The van der Waals surface area contributed by atoms with Gasteiger partial charge in [0, 0.05) is 55.4 Å². The summed E-state index contributed by atoms with van der Waals surface area (Å²) in [5, 5.41) is 5.05. The number of carbonyl (C=O) groups excluding carboxylic acids is 4. The molecule has 0 unspecified atom stereocenters. The zero-order valence-electron chi connectivity index (χ0n) is 26.8. The van der Waals surface area contributed by atoms with E-state index in [0.29, 0.717) is 75.1 Å². The molecule has 49 heavy (non-hydrogen) atoms. The molecule has 0 aliphatic carbocycles. The summed E-state index contributed by atoms with van der Waals surface area (Å²) in [4.78, 5) is 59.4. The SMILES string of the molecule is COc1ccc(-n2nc(C(=O)Oc3cc4c(s3)CCN(C(=O)c3ccc(Cl)s3)C4)c3c2C(=O)N(c2ccc(N(C)C(C)=O)cc2)CC3)cc1. The molecule has 14 heteroatoms. The van der Waals surface area contributed by atoms with Crippen molar-refractivity contribution in [2.75, 3.05) is 37.0 Å². The van der Waals surface area contributed by atoms with Gasteiger partial charge in [-0.3, -0.25) is 14.4 Å². The number of carbonyl (C=O) groups is 4. The molecule has 11 nitrogen and oxygen atoms in total. The van der Waals surface area contributed by atoms with E-state index in [1.54, 1.807) is 90.7 Å². The van der Waals surface area contributed by atoms with Gasteiger partial charge in [0.15, 0.2) is 10.8 Å². The standard InChI is InChI=1S/C35H30ClN5O6S2/c1-20(42)38(2)22-4-6-23(7-5-22)40-17-14-26-31(37-41(32(26)34(40)44)24-8-10-25(46-3)11-9-24)35(45)47-30-18-21-19-39(16-15-27(21)49-30)33(43)28-12-13-29(36)48-28/h4-13,18H,14-17,19H2,1-3H3. The number of methoxy groups -OCH3 is 1. The van der Waals surface area contributed by atoms with Crippen molar-refractivity contribution in [2.24, 2.45) is 0 Å². The Bertz CT molecular complexity index is 2100. The van der Waals surface area contributed by atoms with Gasteiger partial charge in [-0.25, -0.2) is 9.48 Å². The molecule has 7 rings (SSSR count). The number of anilines is 2. The maximum Gasteiger partial charge on any atom is 0.365 e. The first-order chi connectivity index (χ1) is 23.6. The Morgan fingerprint density at radius 2 is 1.67 bits per heavy atom. The van der Waals surface area contributed by atoms with E-state index in [1.807, 2.05) is 0 Å². The highest BCUT2D eigenvalue weighted by Crippen LogP contribution is 2.36. The molecule has 250 valence electrons. The number of aromatic nitrogens is 2. The molecule has 5 aromatic rings. The van der Waals surface area contributed by atoms with Gasteiger partial charge in [0.2, 0.25) is 5.91 Å². The number of fused-ring (bicyclic) bond motifs is 2. The van der Waals surface area contributed by atoms with Gasteiger partial charge in [0.25, 0.3) is 11.8 Å².